The van der Waals surface area contributed by atoms with Crippen LogP contribution in [0.2, 0.25) is 0 Å². The maximum atomic E-state index is 13.1. The lowest BCUT2D eigenvalue weighted by Crippen LogP contribution is -2.26. The molecule has 0 saturated carbocycles. The summed E-state index contributed by atoms with van der Waals surface area (Å²) < 4.78 is 11.6. The highest BCUT2D eigenvalue weighted by molar-refractivity contribution is 5.91. The zero-order valence-electron chi connectivity index (χ0n) is 16.9. The van der Waals surface area contributed by atoms with E-state index in [9.17, 15) is 10.1 Å². The predicted molar refractivity (Wildman–Crippen MR) is 112 cm³/mol. The summed E-state index contributed by atoms with van der Waals surface area (Å²) in [6, 6.07) is 12.0. The van der Waals surface area contributed by atoms with Crippen molar-refractivity contribution in [1.82, 2.24) is 0 Å². The third-order valence-corrected chi connectivity index (χ3v) is 5.77. The number of aryl methyl sites for hydroxylation is 4. The average molecular weight is 386 g/mol. The van der Waals surface area contributed by atoms with Crippen molar-refractivity contribution < 1.29 is 9.15 Å². The van der Waals surface area contributed by atoms with Crippen LogP contribution in [-0.4, -0.2) is 0 Å². The first-order valence-corrected chi connectivity index (χ1v) is 9.61. The molecule has 1 atom stereocenters. The van der Waals surface area contributed by atoms with Crippen LogP contribution in [0.25, 0.3) is 11.0 Å². The molecule has 0 fully saturated rings. The van der Waals surface area contributed by atoms with E-state index in [0.717, 1.165) is 34.1 Å². The Bertz CT molecular complexity index is 1270. The second-order valence-corrected chi connectivity index (χ2v) is 7.49. The minimum Gasteiger partial charge on any atom is -0.439 e. The van der Waals surface area contributed by atoms with E-state index in [1.807, 2.05) is 51.1 Å². The third kappa shape index (κ3) is 2.80. The highest BCUT2D eigenvalue weighted by Crippen LogP contribution is 2.45. The van der Waals surface area contributed by atoms with Crippen LogP contribution in [0.3, 0.4) is 0 Å². The Kier molecular flexibility index (Phi) is 4.43. The van der Waals surface area contributed by atoms with Crippen molar-refractivity contribution >= 4 is 11.0 Å². The second kappa shape index (κ2) is 6.82. The predicted octanol–water partition coefficient (Wildman–Crippen LogP) is 4.50. The molecule has 1 aliphatic heterocycles. The fraction of sp³-hybridized carbons (Fsp3) is 0.250. The molecule has 1 aliphatic rings. The Balaban J connectivity index is 2.09. The molecule has 5 heteroatoms. The number of nitrogens with two attached hydrogens (primary N) is 1. The monoisotopic (exact) mass is 386 g/mol. The first-order valence-electron chi connectivity index (χ1n) is 9.61. The summed E-state index contributed by atoms with van der Waals surface area (Å²) in [4.78, 5) is 13.1. The largest absolute Gasteiger partial charge is 0.439 e. The van der Waals surface area contributed by atoms with Gasteiger partial charge in [-0.2, -0.15) is 5.26 Å². The van der Waals surface area contributed by atoms with E-state index in [1.54, 1.807) is 0 Å². The maximum Gasteiger partial charge on any atom is 0.344 e. The number of allylic oxidation sites excluding steroid dienone is 1. The smallest absolute Gasteiger partial charge is 0.344 e. The van der Waals surface area contributed by atoms with E-state index >= 15 is 0 Å². The van der Waals surface area contributed by atoms with Crippen LogP contribution in [0.4, 0.5) is 0 Å². The number of rotatable bonds is 2. The summed E-state index contributed by atoms with van der Waals surface area (Å²) >= 11 is 0. The Morgan fingerprint density at radius 2 is 1.83 bits per heavy atom. The van der Waals surface area contributed by atoms with Crippen molar-refractivity contribution in [2.75, 3.05) is 0 Å². The van der Waals surface area contributed by atoms with Gasteiger partial charge in [-0.05, 0) is 55.0 Å². The lowest BCUT2D eigenvalue weighted by molar-refractivity contribution is 0.388. The van der Waals surface area contributed by atoms with Gasteiger partial charge < -0.3 is 14.9 Å². The molecule has 2 heterocycles. The Morgan fingerprint density at radius 3 is 2.45 bits per heavy atom. The SMILES string of the molecule is CCc1ccc(C2C(C#N)=C(N)Oc3c2c(=O)oc2c(C)c(C)cc(C)c32)cc1. The molecule has 3 aromatic rings. The van der Waals surface area contributed by atoms with E-state index in [2.05, 4.69) is 13.0 Å². The number of benzene rings is 2. The van der Waals surface area contributed by atoms with Crippen LogP contribution in [0.1, 0.15) is 46.2 Å². The molecule has 146 valence electrons. The minimum absolute atomic E-state index is 0.0223. The van der Waals surface area contributed by atoms with Gasteiger partial charge in [0, 0.05) is 0 Å². The standard InChI is InChI=1S/C24H22N2O3/c1-5-15-6-8-16(9-7-15)19-17(11-25)23(26)28-22-18-13(3)10-12(2)14(4)21(18)29-24(27)20(19)22/h6-10,19H,5,26H2,1-4H3. The molecule has 0 bridgehead atoms. The molecule has 1 aromatic heterocycles. The van der Waals surface area contributed by atoms with Crippen LogP contribution in [0, 0.1) is 32.1 Å². The number of ether oxygens (including phenoxy) is 1. The van der Waals surface area contributed by atoms with Crippen LogP contribution >= 0.6 is 0 Å². The van der Waals surface area contributed by atoms with Crippen molar-refractivity contribution in [2.24, 2.45) is 5.73 Å². The van der Waals surface area contributed by atoms with Gasteiger partial charge in [0.15, 0.2) is 5.75 Å². The Labute approximate surface area is 169 Å². The molecule has 4 rings (SSSR count). The first kappa shape index (κ1) is 18.8. The number of nitriles is 1. The van der Waals surface area contributed by atoms with Gasteiger partial charge in [0.05, 0.1) is 16.9 Å². The van der Waals surface area contributed by atoms with Crippen molar-refractivity contribution in [3.63, 3.8) is 0 Å². The highest BCUT2D eigenvalue weighted by Gasteiger charge is 2.36. The van der Waals surface area contributed by atoms with Crippen molar-refractivity contribution in [1.29, 1.82) is 5.26 Å². The van der Waals surface area contributed by atoms with Gasteiger partial charge in [-0.3, -0.25) is 0 Å². The topological polar surface area (TPSA) is 89.3 Å². The van der Waals surface area contributed by atoms with Crippen molar-refractivity contribution in [3.8, 4) is 11.8 Å². The molecule has 5 nitrogen and oxygen atoms in total. The number of hydrogen-bond acceptors (Lipinski definition) is 5. The first-order chi connectivity index (χ1) is 13.9. The summed E-state index contributed by atoms with van der Waals surface area (Å²) in [7, 11) is 0. The Hall–Kier alpha value is -3.52. The molecule has 2 N–H and O–H groups in total. The van der Waals surface area contributed by atoms with Crippen molar-refractivity contribution in [3.05, 3.63) is 85.6 Å². The number of fused-ring (bicyclic) bond motifs is 3. The van der Waals surface area contributed by atoms with Gasteiger partial charge in [-0.25, -0.2) is 4.79 Å². The summed E-state index contributed by atoms with van der Waals surface area (Å²) in [5, 5.41) is 10.5. The van der Waals surface area contributed by atoms with Gasteiger partial charge >= 0.3 is 5.63 Å². The molecule has 2 aromatic carbocycles. The molecule has 0 saturated heterocycles. The normalized spacial score (nSPS) is 15.8. The lowest BCUT2D eigenvalue weighted by Gasteiger charge is -2.27. The quantitative estimate of drug-likeness (QED) is 0.655. The van der Waals surface area contributed by atoms with Gasteiger partial charge in [0.2, 0.25) is 5.88 Å². The molecular weight excluding hydrogens is 364 g/mol. The maximum absolute atomic E-state index is 13.1. The van der Waals surface area contributed by atoms with E-state index in [-0.39, 0.29) is 11.5 Å². The zero-order valence-corrected chi connectivity index (χ0v) is 16.9. The minimum atomic E-state index is -0.628. The molecule has 0 spiro atoms. The zero-order chi connectivity index (χ0) is 20.9. The highest BCUT2D eigenvalue weighted by atomic mass is 16.5. The van der Waals surface area contributed by atoms with Crippen LogP contribution < -0.4 is 16.1 Å². The van der Waals surface area contributed by atoms with E-state index < -0.39 is 11.5 Å². The number of hydrogen-bond donors (Lipinski definition) is 1. The molecule has 0 amide bonds. The molecule has 29 heavy (non-hydrogen) atoms. The average Bonchev–Trinajstić information content (AvgIpc) is 2.71. The van der Waals surface area contributed by atoms with Crippen molar-refractivity contribution in [2.45, 2.75) is 40.0 Å². The van der Waals surface area contributed by atoms with Crippen LogP contribution in [0.15, 0.2) is 51.0 Å². The van der Waals surface area contributed by atoms with Crippen LogP contribution in [-0.2, 0) is 6.42 Å². The molecule has 0 radical (unpaired) electrons. The lowest BCUT2D eigenvalue weighted by atomic mass is 9.83. The van der Waals surface area contributed by atoms with E-state index in [0.29, 0.717) is 16.9 Å². The summed E-state index contributed by atoms with van der Waals surface area (Å²) in [5.41, 5.74) is 11.5. The second-order valence-electron chi connectivity index (χ2n) is 7.49. The summed E-state index contributed by atoms with van der Waals surface area (Å²) in [6.07, 6.45) is 0.901. The Morgan fingerprint density at radius 1 is 1.14 bits per heavy atom. The fourth-order valence-electron chi connectivity index (χ4n) is 4.04. The third-order valence-electron chi connectivity index (χ3n) is 5.77. The summed E-state index contributed by atoms with van der Waals surface area (Å²) in [5.74, 6) is -0.219. The number of nitrogens with zero attached hydrogens (tertiary/aromatic N) is 1. The molecule has 0 aliphatic carbocycles. The van der Waals surface area contributed by atoms with Gasteiger partial charge in [0.25, 0.3) is 0 Å². The van der Waals surface area contributed by atoms with Gasteiger partial charge in [0.1, 0.15) is 17.2 Å². The fourth-order valence-corrected chi connectivity index (χ4v) is 4.04. The molecule has 1 unspecified atom stereocenters. The van der Waals surface area contributed by atoms with E-state index in [4.69, 9.17) is 14.9 Å². The summed E-state index contributed by atoms with van der Waals surface area (Å²) in [6.45, 7) is 7.91. The van der Waals surface area contributed by atoms with Gasteiger partial charge in [-0.15, -0.1) is 0 Å². The van der Waals surface area contributed by atoms with E-state index in [1.165, 1.54) is 5.56 Å². The van der Waals surface area contributed by atoms with Crippen LogP contribution in [0.5, 0.6) is 5.75 Å². The van der Waals surface area contributed by atoms with Gasteiger partial charge in [-0.1, -0.05) is 37.3 Å². The molecular formula is C24H22N2O3.